The monoisotopic (exact) mass is 354 g/mol. The van der Waals surface area contributed by atoms with Gasteiger partial charge in [-0.05, 0) is 30.6 Å². The maximum atomic E-state index is 9.29. The third-order valence-corrected chi connectivity index (χ3v) is 4.48. The van der Waals surface area contributed by atoms with Gasteiger partial charge < -0.3 is 14.6 Å². The SMILES string of the molecule is CC(C)c1nc(C#N)c(NC[C@H](c2ccc(C(C)(C)C)cc2)N(C)C)o1. The van der Waals surface area contributed by atoms with E-state index in [4.69, 9.17) is 4.42 Å². The van der Waals surface area contributed by atoms with Gasteiger partial charge in [0.1, 0.15) is 6.07 Å². The Labute approximate surface area is 157 Å². The van der Waals surface area contributed by atoms with Gasteiger partial charge in [0.05, 0.1) is 6.04 Å². The first-order chi connectivity index (χ1) is 12.1. The lowest BCUT2D eigenvalue weighted by atomic mass is 9.86. The molecule has 0 aliphatic carbocycles. The summed E-state index contributed by atoms with van der Waals surface area (Å²) in [7, 11) is 4.10. The van der Waals surface area contributed by atoms with E-state index >= 15 is 0 Å². The second kappa shape index (κ2) is 7.92. The third-order valence-electron chi connectivity index (χ3n) is 4.48. The Balaban J connectivity index is 2.18. The van der Waals surface area contributed by atoms with Crippen molar-refractivity contribution in [3.63, 3.8) is 0 Å². The average Bonchev–Trinajstić information content (AvgIpc) is 2.98. The summed E-state index contributed by atoms with van der Waals surface area (Å²) in [6, 6.07) is 11.0. The Kier molecular flexibility index (Phi) is 6.09. The van der Waals surface area contributed by atoms with Gasteiger partial charge in [0.2, 0.25) is 17.5 Å². The maximum absolute atomic E-state index is 9.29. The summed E-state index contributed by atoms with van der Waals surface area (Å²) in [5.41, 5.74) is 2.99. The van der Waals surface area contributed by atoms with Crippen molar-refractivity contribution in [2.45, 2.75) is 52.0 Å². The molecule has 0 spiro atoms. The van der Waals surface area contributed by atoms with Crippen LogP contribution in [0.3, 0.4) is 0 Å². The first-order valence-corrected chi connectivity index (χ1v) is 9.05. The lowest BCUT2D eigenvalue weighted by molar-refractivity contribution is 0.310. The summed E-state index contributed by atoms with van der Waals surface area (Å²) >= 11 is 0. The van der Waals surface area contributed by atoms with Crippen molar-refractivity contribution in [2.24, 2.45) is 0 Å². The lowest BCUT2D eigenvalue weighted by Gasteiger charge is -2.26. The number of nitrogens with one attached hydrogen (secondary N) is 1. The average molecular weight is 354 g/mol. The number of rotatable bonds is 6. The van der Waals surface area contributed by atoms with Crippen LogP contribution in [0, 0.1) is 11.3 Å². The molecule has 1 aromatic heterocycles. The molecule has 5 heteroatoms. The van der Waals surface area contributed by atoms with E-state index in [1.165, 1.54) is 11.1 Å². The van der Waals surface area contributed by atoms with E-state index in [-0.39, 0.29) is 17.4 Å². The highest BCUT2D eigenvalue weighted by Gasteiger charge is 2.20. The van der Waals surface area contributed by atoms with Crippen LogP contribution in [0.4, 0.5) is 5.88 Å². The molecule has 26 heavy (non-hydrogen) atoms. The molecule has 0 saturated carbocycles. The maximum Gasteiger partial charge on any atom is 0.232 e. The number of hydrogen-bond acceptors (Lipinski definition) is 5. The highest BCUT2D eigenvalue weighted by molar-refractivity contribution is 5.46. The second-order valence-corrected chi connectivity index (χ2v) is 8.23. The van der Waals surface area contributed by atoms with E-state index in [2.05, 4.69) is 80.4 Å². The van der Waals surface area contributed by atoms with Gasteiger partial charge in [-0.2, -0.15) is 5.26 Å². The molecule has 0 amide bonds. The molecule has 2 rings (SSSR count). The number of oxazole rings is 1. The molecule has 140 valence electrons. The predicted molar refractivity (Wildman–Crippen MR) is 105 cm³/mol. The highest BCUT2D eigenvalue weighted by Crippen LogP contribution is 2.27. The van der Waals surface area contributed by atoms with Crippen LogP contribution in [0.2, 0.25) is 0 Å². The minimum atomic E-state index is 0.138. The zero-order valence-corrected chi connectivity index (χ0v) is 16.9. The van der Waals surface area contributed by atoms with Gasteiger partial charge in [0.25, 0.3) is 0 Å². The zero-order chi connectivity index (χ0) is 19.5. The largest absolute Gasteiger partial charge is 0.424 e. The summed E-state index contributed by atoms with van der Waals surface area (Å²) in [6.45, 7) is 11.3. The summed E-state index contributed by atoms with van der Waals surface area (Å²) in [4.78, 5) is 6.42. The van der Waals surface area contributed by atoms with E-state index in [9.17, 15) is 5.26 Å². The number of aromatic nitrogens is 1. The molecule has 0 radical (unpaired) electrons. The van der Waals surface area contributed by atoms with Gasteiger partial charge in [0, 0.05) is 12.5 Å². The molecule has 0 saturated heterocycles. The van der Waals surface area contributed by atoms with Crippen molar-refractivity contribution < 1.29 is 4.42 Å². The molecular formula is C21H30N4O. The normalized spacial score (nSPS) is 13.1. The molecule has 0 bridgehead atoms. The number of nitrogens with zero attached hydrogens (tertiary/aromatic N) is 3. The lowest BCUT2D eigenvalue weighted by Crippen LogP contribution is -2.27. The Morgan fingerprint density at radius 3 is 2.27 bits per heavy atom. The number of benzene rings is 1. The molecular weight excluding hydrogens is 324 g/mol. The molecule has 0 fully saturated rings. The van der Waals surface area contributed by atoms with Crippen molar-refractivity contribution in [3.8, 4) is 6.07 Å². The summed E-state index contributed by atoms with van der Waals surface area (Å²) < 4.78 is 5.73. The van der Waals surface area contributed by atoms with Crippen LogP contribution in [-0.4, -0.2) is 30.5 Å². The van der Waals surface area contributed by atoms with Crippen molar-refractivity contribution >= 4 is 5.88 Å². The fraction of sp³-hybridized carbons (Fsp3) is 0.524. The van der Waals surface area contributed by atoms with Crippen molar-refractivity contribution in [1.29, 1.82) is 5.26 Å². The van der Waals surface area contributed by atoms with Crippen molar-refractivity contribution in [3.05, 3.63) is 47.0 Å². The zero-order valence-electron chi connectivity index (χ0n) is 16.9. The summed E-state index contributed by atoms with van der Waals surface area (Å²) in [5, 5.41) is 12.6. The molecule has 1 N–H and O–H groups in total. The van der Waals surface area contributed by atoms with Gasteiger partial charge in [-0.15, -0.1) is 0 Å². The van der Waals surface area contributed by atoms with Gasteiger partial charge in [-0.1, -0.05) is 58.9 Å². The van der Waals surface area contributed by atoms with Gasteiger partial charge in [-0.3, -0.25) is 0 Å². The van der Waals surface area contributed by atoms with E-state index in [0.29, 0.717) is 24.0 Å². The van der Waals surface area contributed by atoms with Crippen LogP contribution in [0.25, 0.3) is 0 Å². The second-order valence-electron chi connectivity index (χ2n) is 8.23. The molecule has 5 nitrogen and oxygen atoms in total. The number of likely N-dealkylation sites (N-methyl/N-ethyl adjacent to an activating group) is 1. The van der Waals surface area contributed by atoms with Crippen LogP contribution in [0.5, 0.6) is 0 Å². The minimum Gasteiger partial charge on any atom is -0.424 e. The topological polar surface area (TPSA) is 65.1 Å². The fourth-order valence-corrected chi connectivity index (χ4v) is 2.77. The van der Waals surface area contributed by atoms with Gasteiger partial charge in [-0.25, -0.2) is 4.98 Å². The smallest absolute Gasteiger partial charge is 0.232 e. The first kappa shape index (κ1) is 20.0. The number of anilines is 1. The van der Waals surface area contributed by atoms with E-state index in [1.54, 1.807) is 0 Å². The van der Waals surface area contributed by atoms with Gasteiger partial charge >= 0.3 is 0 Å². The van der Waals surface area contributed by atoms with E-state index < -0.39 is 0 Å². The number of nitriles is 1. The van der Waals surface area contributed by atoms with Crippen LogP contribution in [-0.2, 0) is 5.41 Å². The molecule has 1 aromatic carbocycles. The molecule has 1 heterocycles. The van der Waals surface area contributed by atoms with Crippen LogP contribution in [0.1, 0.15) is 69.3 Å². The summed E-state index contributed by atoms with van der Waals surface area (Å²) in [5.74, 6) is 1.18. The Morgan fingerprint density at radius 1 is 1.19 bits per heavy atom. The predicted octanol–water partition coefficient (Wildman–Crippen LogP) is 4.68. The minimum absolute atomic E-state index is 0.138. The molecule has 0 unspecified atom stereocenters. The van der Waals surface area contributed by atoms with E-state index in [1.807, 2.05) is 13.8 Å². The Morgan fingerprint density at radius 2 is 1.81 bits per heavy atom. The molecule has 2 aromatic rings. The highest BCUT2D eigenvalue weighted by atomic mass is 16.4. The Hall–Kier alpha value is -2.32. The summed E-state index contributed by atoms with van der Waals surface area (Å²) in [6.07, 6.45) is 0. The third kappa shape index (κ3) is 4.64. The fourth-order valence-electron chi connectivity index (χ4n) is 2.77. The van der Waals surface area contributed by atoms with Crippen molar-refractivity contribution in [1.82, 2.24) is 9.88 Å². The molecule has 0 aliphatic heterocycles. The standard InChI is InChI=1S/C21H30N4O/c1-14(2)19-24-17(12-22)20(26-19)23-13-18(25(6)7)15-8-10-16(11-9-15)21(3,4)5/h8-11,14,18,23H,13H2,1-7H3/t18-/m1/s1. The number of hydrogen-bond donors (Lipinski definition) is 1. The molecule has 0 aliphatic rings. The van der Waals surface area contributed by atoms with Gasteiger partial charge in [0.15, 0.2) is 0 Å². The van der Waals surface area contributed by atoms with Crippen LogP contribution >= 0.6 is 0 Å². The Bertz CT molecular complexity index is 761. The van der Waals surface area contributed by atoms with Crippen molar-refractivity contribution in [2.75, 3.05) is 26.0 Å². The molecule has 1 atom stereocenters. The quantitative estimate of drug-likeness (QED) is 0.816. The van der Waals surface area contributed by atoms with Crippen LogP contribution < -0.4 is 5.32 Å². The van der Waals surface area contributed by atoms with E-state index in [0.717, 1.165) is 0 Å². The first-order valence-electron chi connectivity index (χ1n) is 9.05. The van der Waals surface area contributed by atoms with Crippen LogP contribution in [0.15, 0.2) is 28.7 Å².